The fourth-order valence-corrected chi connectivity index (χ4v) is 2.76. The van der Waals surface area contributed by atoms with Crippen molar-refractivity contribution in [2.75, 3.05) is 0 Å². The van der Waals surface area contributed by atoms with Gasteiger partial charge in [0, 0.05) is 5.56 Å². The average molecular weight is 304 g/mol. The van der Waals surface area contributed by atoms with Gasteiger partial charge in [0.2, 0.25) is 0 Å². The molecule has 0 heterocycles. The van der Waals surface area contributed by atoms with E-state index in [1.54, 1.807) is 6.07 Å². The molecule has 0 aliphatic heterocycles. The summed E-state index contributed by atoms with van der Waals surface area (Å²) in [6.07, 6.45) is 0.717. The number of benzene rings is 3. The molecule has 2 heteroatoms. The number of hydrogen-bond donors (Lipinski definition) is 1. The maximum Gasteiger partial charge on any atom is 0.153 e. The summed E-state index contributed by atoms with van der Waals surface area (Å²) in [5.74, 6) is 0.0447. The minimum atomic E-state index is -0.100. The topological polar surface area (TPSA) is 37.3 Å². The van der Waals surface area contributed by atoms with Crippen molar-refractivity contribution in [1.82, 2.24) is 0 Å². The van der Waals surface area contributed by atoms with E-state index in [1.165, 1.54) is 0 Å². The van der Waals surface area contributed by atoms with Gasteiger partial charge in [-0.2, -0.15) is 0 Å². The van der Waals surface area contributed by atoms with Crippen LogP contribution in [0.2, 0.25) is 0 Å². The number of hydrogen-bond acceptors (Lipinski definition) is 2. The van der Waals surface area contributed by atoms with Crippen molar-refractivity contribution in [3.8, 4) is 16.9 Å². The molecule has 3 aromatic carbocycles. The van der Waals surface area contributed by atoms with Crippen LogP contribution < -0.4 is 0 Å². The highest BCUT2D eigenvalue weighted by Gasteiger charge is 2.19. The maximum atomic E-state index is 11.3. The number of fused-ring (bicyclic) bond motifs is 1. The molecule has 0 fully saturated rings. The number of aldehydes is 1. The number of rotatable bonds is 2. The van der Waals surface area contributed by atoms with Crippen molar-refractivity contribution in [3.05, 3.63) is 65.7 Å². The summed E-state index contributed by atoms with van der Waals surface area (Å²) >= 11 is 0. The normalized spacial score (nSPS) is 11.6. The van der Waals surface area contributed by atoms with Crippen molar-refractivity contribution in [2.45, 2.75) is 26.2 Å². The first-order valence-electron chi connectivity index (χ1n) is 7.72. The van der Waals surface area contributed by atoms with Gasteiger partial charge >= 0.3 is 0 Å². The minimum Gasteiger partial charge on any atom is -0.507 e. The highest BCUT2D eigenvalue weighted by atomic mass is 16.3. The first-order valence-corrected chi connectivity index (χ1v) is 7.72. The molecule has 0 radical (unpaired) electrons. The number of phenolic OH excluding ortho intramolecular Hbond substituents is 1. The summed E-state index contributed by atoms with van der Waals surface area (Å²) in [6.45, 7) is 6.29. The van der Waals surface area contributed by atoms with Gasteiger partial charge in [-0.3, -0.25) is 4.79 Å². The van der Waals surface area contributed by atoms with E-state index in [9.17, 15) is 9.90 Å². The Labute approximate surface area is 136 Å². The third-order valence-electron chi connectivity index (χ3n) is 4.19. The summed E-state index contributed by atoms with van der Waals surface area (Å²) in [6, 6.07) is 17.9. The van der Waals surface area contributed by atoms with E-state index in [0.717, 1.165) is 28.2 Å². The Morgan fingerprint density at radius 3 is 2.26 bits per heavy atom. The molecule has 23 heavy (non-hydrogen) atoms. The lowest BCUT2D eigenvalue weighted by atomic mass is 9.83. The molecule has 0 bridgehead atoms. The smallest absolute Gasteiger partial charge is 0.153 e. The van der Waals surface area contributed by atoms with Crippen LogP contribution in [0.1, 0.15) is 36.7 Å². The van der Waals surface area contributed by atoms with E-state index >= 15 is 0 Å². The van der Waals surface area contributed by atoms with Gasteiger partial charge in [-0.1, -0.05) is 57.2 Å². The van der Waals surface area contributed by atoms with Crippen molar-refractivity contribution >= 4 is 17.1 Å². The van der Waals surface area contributed by atoms with E-state index < -0.39 is 0 Å². The Morgan fingerprint density at radius 1 is 0.913 bits per heavy atom. The van der Waals surface area contributed by atoms with Crippen molar-refractivity contribution < 1.29 is 9.90 Å². The Bertz CT molecular complexity index is 886. The van der Waals surface area contributed by atoms with Gasteiger partial charge in [-0.05, 0) is 45.5 Å². The SMILES string of the molecule is CC(C)(C)c1cc(C=O)c(O)c(-c2ccc3ccccc3c2)c1. The number of aromatic hydroxyl groups is 1. The first kappa shape index (κ1) is 15.3. The van der Waals surface area contributed by atoms with Gasteiger partial charge in [0.1, 0.15) is 5.75 Å². The third-order valence-corrected chi connectivity index (χ3v) is 4.19. The first-order chi connectivity index (χ1) is 10.9. The molecule has 0 saturated carbocycles. The van der Waals surface area contributed by atoms with Gasteiger partial charge in [0.15, 0.2) is 6.29 Å². The van der Waals surface area contributed by atoms with E-state index in [4.69, 9.17) is 0 Å². The van der Waals surface area contributed by atoms with E-state index in [1.807, 2.05) is 42.5 Å². The van der Waals surface area contributed by atoms with Crippen LogP contribution in [-0.2, 0) is 5.41 Å². The molecule has 0 aromatic heterocycles. The van der Waals surface area contributed by atoms with Crippen LogP contribution in [0.25, 0.3) is 21.9 Å². The Balaban J connectivity index is 2.26. The molecule has 3 rings (SSSR count). The quantitative estimate of drug-likeness (QED) is 0.650. The molecule has 3 aromatic rings. The number of phenols is 1. The van der Waals surface area contributed by atoms with Gasteiger partial charge in [0.05, 0.1) is 5.56 Å². The van der Waals surface area contributed by atoms with Crippen LogP contribution in [-0.4, -0.2) is 11.4 Å². The van der Waals surface area contributed by atoms with Crippen LogP contribution in [0.15, 0.2) is 54.6 Å². The van der Waals surface area contributed by atoms with Crippen molar-refractivity contribution in [1.29, 1.82) is 0 Å². The lowest BCUT2D eigenvalue weighted by molar-refractivity contribution is 0.112. The van der Waals surface area contributed by atoms with Crippen LogP contribution >= 0.6 is 0 Å². The monoisotopic (exact) mass is 304 g/mol. The average Bonchev–Trinajstić information content (AvgIpc) is 2.53. The molecule has 0 amide bonds. The van der Waals surface area contributed by atoms with Gasteiger partial charge < -0.3 is 5.11 Å². The molecule has 0 atom stereocenters. The summed E-state index contributed by atoms with van der Waals surface area (Å²) in [5.41, 5.74) is 2.87. The standard InChI is InChI=1S/C21H20O2/c1-21(2,3)18-11-17(13-22)20(23)19(12-18)16-9-8-14-6-4-5-7-15(14)10-16/h4-13,23H,1-3H3. The zero-order valence-corrected chi connectivity index (χ0v) is 13.6. The van der Waals surface area contributed by atoms with Gasteiger partial charge in [-0.25, -0.2) is 0 Å². The zero-order chi connectivity index (χ0) is 16.6. The summed E-state index contributed by atoms with van der Waals surface area (Å²) < 4.78 is 0. The third kappa shape index (κ3) is 2.85. The predicted octanol–water partition coefficient (Wildman–Crippen LogP) is 5.32. The largest absolute Gasteiger partial charge is 0.507 e. The molecule has 0 unspecified atom stereocenters. The fraction of sp³-hybridized carbons (Fsp3) is 0.190. The van der Waals surface area contributed by atoms with Crippen LogP contribution in [0.3, 0.4) is 0 Å². The molecule has 0 aliphatic carbocycles. The molecule has 2 nitrogen and oxygen atoms in total. The van der Waals surface area contributed by atoms with Gasteiger partial charge in [-0.15, -0.1) is 0 Å². The second kappa shape index (κ2) is 5.54. The number of carbonyl (C=O) groups excluding carboxylic acids is 1. The van der Waals surface area contributed by atoms with E-state index in [-0.39, 0.29) is 11.2 Å². The molecule has 0 aliphatic rings. The van der Waals surface area contributed by atoms with Crippen LogP contribution in [0.4, 0.5) is 0 Å². The second-order valence-electron chi connectivity index (χ2n) is 6.89. The minimum absolute atomic E-state index is 0.0447. The Hall–Kier alpha value is -2.61. The molecular weight excluding hydrogens is 284 g/mol. The Kier molecular flexibility index (Phi) is 3.69. The molecule has 1 N–H and O–H groups in total. The van der Waals surface area contributed by atoms with E-state index in [2.05, 4.69) is 26.8 Å². The lowest BCUT2D eigenvalue weighted by Crippen LogP contribution is -2.11. The summed E-state index contributed by atoms with van der Waals surface area (Å²) in [5, 5.41) is 12.7. The van der Waals surface area contributed by atoms with Crippen LogP contribution in [0.5, 0.6) is 5.75 Å². The Morgan fingerprint density at radius 2 is 1.61 bits per heavy atom. The highest BCUT2D eigenvalue weighted by molar-refractivity contribution is 5.91. The summed E-state index contributed by atoms with van der Waals surface area (Å²) in [4.78, 5) is 11.3. The molecular formula is C21H20O2. The van der Waals surface area contributed by atoms with E-state index in [0.29, 0.717) is 11.1 Å². The fourth-order valence-electron chi connectivity index (χ4n) is 2.76. The number of carbonyl (C=O) groups is 1. The summed E-state index contributed by atoms with van der Waals surface area (Å²) in [7, 11) is 0. The van der Waals surface area contributed by atoms with Gasteiger partial charge in [0.25, 0.3) is 0 Å². The van der Waals surface area contributed by atoms with Crippen molar-refractivity contribution in [3.63, 3.8) is 0 Å². The molecule has 0 saturated heterocycles. The maximum absolute atomic E-state index is 11.3. The zero-order valence-electron chi connectivity index (χ0n) is 13.6. The highest BCUT2D eigenvalue weighted by Crippen LogP contribution is 2.37. The lowest BCUT2D eigenvalue weighted by Gasteiger charge is -2.21. The predicted molar refractivity (Wildman–Crippen MR) is 95.1 cm³/mol. The second-order valence-corrected chi connectivity index (χ2v) is 6.89. The molecule has 0 spiro atoms. The van der Waals surface area contributed by atoms with Crippen LogP contribution in [0, 0.1) is 0 Å². The molecule has 116 valence electrons. The van der Waals surface area contributed by atoms with Crippen molar-refractivity contribution in [2.24, 2.45) is 0 Å².